The third kappa shape index (κ3) is 3.25. The summed E-state index contributed by atoms with van der Waals surface area (Å²) in [5.74, 6) is 1.06. The molecule has 2 amide bonds. The number of amides is 2. The maximum Gasteiger partial charge on any atom is 0.249 e. The number of anilines is 2. The molecule has 1 aromatic heterocycles. The summed E-state index contributed by atoms with van der Waals surface area (Å²) >= 11 is 0. The van der Waals surface area contributed by atoms with Crippen molar-refractivity contribution in [3.63, 3.8) is 0 Å². The molecule has 1 aliphatic heterocycles. The Bertz CT molecular complexity index is 937. The van der Waals surface area contributed by atoms with Crippen molar-refractivity contribution >= 4 is 23.5 Å². The van der Waals surface area contributed by atoms with Crippen molar-refractivity contribution in [3.05, 3.63) is 60.9 Å². The fourth-order valence-electron chi connectivity index (χ4n) is 2.67. The first-order valence-electron chi connectivity index (χ1n) is 8.02. The normalized spacial score (nSPS) is 15.7. The number of ether oxygens (including phenoxy) is 1. The van der Waals surface area contributed by atoms with Crippen LogP contribution in [0.3, 0.4) is 0 Å². The van der Waals surface area contributed by atoms with E-state index in [1.165, 1.54) is 11.0 Å². The van der Waals surface area contributed by atoms with Crippen LogP contribution < -0.4 is 15.4 Å². The highest BCUT2D eigenvalue weighted by Gasteiger charge is 2.31. The van der Waals surface area contributed by atoms with Gasteiger partial charge in [-0.1, -0.05) is 18.2 Å². The van der Waals surface area contributed by atoms with E-state index in [0.717, 1.165) is 5.75 Å². The molecular formula is C18H15N5O3. The Morgan fingerprint density at radius 3 is 2.62 bits per heavy atom. The van der Waals surface area contributed by atoms with E-state index in [2.05, 4.69) is 20.7 Å². The molecule has 0 saturated carbocycles. The van der Waals surface area contributed by atoms with E-state index < -0.39 is 6.04 Å². The summed E-state index contributed by atoms with van der Waals surface area (Å²) in [6.07, 6.45) is 1.31. The molecule has 8 heteroatoms. The Morgan fingerprint density at radius 2 is 1.85 bits per heavy atom. The largest absolute Gasteiger partial charge is 0.457 e. The van der Waals surface area contributed by atoms with Crippen molar-refractivity contribution in [2.45, 2.75) is 12.5 Å². The summed E-state index contributed by atoms with van der Waals surface area (Å²) in [4.78, 5) is 28.2. The second kappa shape index (κ2) is 6.67. The Hall–Kier alpha value is -3.68. The molecule has 2 heterocycles. The van der Waals surface area contributed by atoms with Crippen LogP contribution in [0.15, 0.2) is 60.9 Å². The van der Waals surface area contributed by atoms with Crippen molar-refractivity contribution in [1.82, 2.24) is 14.8 Å². The number of nitrogens with one attached hydrogen (secondary N) is 2. The quantitative estimate of drug-likeness (QED) is 0.754. The highest BCUT2D eigenvalue weighted by atomic mass is 16.5. The summed E-state index contributed by atoms with van der Waals surface area (Å²) in [6.45, 7) is 0. The van der Waals surface area contributed by atoms with Crippen LogP contribution in [0.4, 0.5) is 11.6 Å². The molecule has 8 nitrogen and oxygen atoms in total. The van der Waals surface area contributed by atoms with Gasteiger partial charge >= 0.3 is 0 Å². The molecule has 4 rings (SSSR count). The van der Waals surface area contributed by atoms with Crippen LogP contribution in [0.5, 0.6) is 11.5 Å². The van der Waals surface area contributed by atoms with Crippen LogP contribution in [0.2, 0.25) is 0 Å². The number of aromatic nitrogens is 3. The van der Waals surface area contributed by atoms with Crippen molar-refractivity contribution in [1.29, 1.82) is 0 Å². The van der Waals surface area contributed by atoms with Crippen molar-refractivity contribution < 1.29 is 14.3 Å². The number of para-hydroxylation sites is 1. The van der Waals surface area contributed by atoms with Crippen LogP contribution in [0, 0.1) is 0 Å². The van der Waals surface area contributed by atoms with Gasteiger partial charge in [-0.3, -0.25) is 14.9 Å². The number of carbonyl (C=O) groups is 2. The Labute approximate surface area is 148 Å². The molecule has 3 aromatic rings. The van der Waals surface area contributed by atoms with E-state index in [1.54, 1.807) is 24.3 Å². The number of benzene rings is 2. The van der Waals surface area contributed by atoms with Crippen LogP contribution >= 0.6 is 0 Å². The second-order valence-electron chi connectivity index (χ2n) is 5.73. The summed E-state index contributed by atoms with van der Waals surface area (Å²) in [5, 5.41) is 9.37. The predicted molar refractivity (Wildman–Crippen MR) is 93.9 cm³/mol. The predicted octanol–water partition coefficient (Wildman–Crippen LogP) is 2.59. The average Bonchev–Trinajstić information content (AvgIpc) is 3.11. The van der Waals surface area contributed by atoms with E-state index in [9.17, 15) is 9.59 Å². The van der Waals surface area contributed by atoms with E-state index in [-0.39, 0.29) is 24.2 Å². The minimum atomic E-state index is -0.735. The van der Waals surface area contributed by atoms with E-state index in [1.807, 2.05) is 30.3 Å². The average molecular weight is 349 g/mol. The lowest BCUT2D eigenvalue weighted by Gasteiger charge is -2.22. The summed E-state index contributed by atoms with van der Waals surface area (Å²) in [5.41, 5.74) is 0.600. The molecule has 0 saturated heterocycles. The third-order valence-electron chi connectivity index (χ3n) is 3.90. The summed E-state index contributed by atoms with van der Waals surface area (Å²) in [7, 11) is 0. The van der Waals surface area contributed by atoms with Gasteiger partial charge in [-0.15, -0.1) is 0 Å². The van der Waals surface area contributed by atoms with Gasteiger partial charge in [0.15, 0.2) is 0 Å². The molecule has 0 spiro atoms. The molecular weight excluding hydrogens is 334 g/mol. The fourth-order valence-corrected chi connectivity index (χ4v) is 2.67. The van der Waals surface area contributed by atoms with Gasteiger partial charge in [0.05, 0.1) is 6.42 Å². The van der Waals surface area contributed by atoms with Crippen molar-refractivity contribution in [3.8, 4) is 11.5 Å². The Kier molecular flexibility index (Phi) is 4.06. The minimum absolute atomic E-state index is 0.0113. The zero-order valence-electron chi connectivity index (χ0n) is 13.6. The van der Waals surface area contributed by atoms with Gasteiger partial charge in [0.25, 0.3) is 0 Å². The van der Waals surface area contributed by atoms with Crippen LogP contribution in [-0.4, -0.2) is 26.6 Å². The maximum absolute atomic E-state index is 12.5. The zero-order valence-corrected chi connectivity index (χ0v) is 13.6. The Morgan fingerprint density at radius 1 is 1.12 bits per heavy atom. The minimum Gasteiger partial charge on any atom is -0.457 e. The molecule has 0 unspecified atom stereocenters. The summed E-state index contributed by atoms with van der Waals surface area (Å²) in [6, 6.07) is 15.7. The lowest BCUT2D eigenvalue weighted by Crippen LogP contribution is -2.35. The van der Waals surface area contributed by atoms with Gasteiger partial charge in [0.1, 0.15) is 23.9 Å². The lowest BCUT2D eigenvalue weighted by atomic mass is 10.1. The highest BCUT2D eigenvalue weighted by molar-refractivity contribution is 6.00. The van der Waals surface area contributed by atoms with Gasteiger partial charge in [0, 0.05) is 5.69 Å². The number of nitrogens with zero attached hydrogens (tertiary/aromatic N) is 3. The van der Waals surface area contributed by atoms with Crippen LogP contribution in [0.1, 0.15) is 12.5 Å². The molecule has 0 aliphatic carbocycles. The zero-order chi connectivity index (χ0) is 17.9. The highest BCUT2D eigenvalue weighted by Crippen LogP contribution is 2.25. The molecule has 0 bridgehead atoms. The number of hydrogen-bond donors (Lipinski definition) is 2. The topological polar surface area (TPSA) is 98.1 Å². The van der Waals surface area contributed by atoms with E-state index in [0.29, 0.717) is 11.4 Å². The lowest BCUT2D eigenvalue weighted by molar-refractivity contribution is -0.125. The monoisotopic (exact) mass is 349 g/mol. The van der Waals surface area contributed by atoms with Gasteiger partial charge in [0.2, 0.25) is 17.8 Å². The first-order valence-corrected chi connectivity index (χ1v) is 8.02. The maximum atomic E-state index is 12.5. The second-order valence-corrected chi connectivity index (χ2v) is 5.73. The van der Waals surface area contributed by atoms with Crippen molar-refractivity contribution in [2.24, 2.45) is 0 Å². The molecule has 2 aromatic carbocycles. The molecule has 1 atom stereocenters. The van der Waals surface area contributed by atoms with Crippen LogP contribution in [-0.2, 0) is 9.59 Å². The molecule has 0 fully saturated rings. The van der Waals surface area contributed by atoms with E-state index >= 15 is 0 Å². The third-order valence-corrected chi connectivity index (χ3v) is 3.90. The number of fused-ring (bicyclic) bond motifs is 1. The number of rotatable bonds is 4. The Balaban J connectivity index is 1.45. The van der Waals surface area contributed by atoms with Crippen LogP contribution in [0.25, 0.3) is 0 Å². The molecule has 0 radical (unpaired) electrons. The van der Waals surface area contributed by atoms with Crippen molar-refractivity contribution in [2.75, 3.05) is 10.6 Å². The van der Waals surface area contributed by atoms with Gasteiger partial charge in [-0.2, -0.15) is 10.1 Å². The molecule has 26 heavy (non-hydrogen) atoms. The van der Waals surface area contributed by atoms with Gasteiger partial charge < -0.3 is 10.1 Å². The SMILES string of the molecule is O=C1C[C@H](C(=O)Nc2ccc(Oc3ccccc3)cc2)n2ncnc2N1. The standard InChI is InChI=1S/C18H15N5O3/c24-16-10-15(23-18(22-16)19-11-20-23)17(25)21-12-6-8-14(9-7-12)26-13-4-2-1-3-5-13/h1-9,11,15H,10H2,(H,21,25)(H,19,20,22,24)/t15-/m1/s1. The van der Waals surface area contributed by atoms with E-state index in [4.69, 9.17) is 4.74 Å². The first-order chi connectivity index (χ1) is 12.7. The smallest absolute Gasteiger partial charge is 0.249 e. The summed E-state index contributed by atoms with van der Waals surface area (Å²) < 4.78 is 7.12. The van der Waals surface area contributed by atoms with Gasteiger partial charge in [-0.25, -0.2) is 4.68 Å². The number of hydrogen-bond acceptors (Lipinski definition) is 5. The van der Waals surface area contributed by atoms with Gasteiger partial charge in [-0.05, 0) is 36.4 Å². The molecule has 2 N–H and O–H groups in total. The molecule has 130 valence electrons. The first kappa shape index (κ1) is 15.8. The molecule has 1 aliphatic rings. The number of carbonyl (C=O) groups excluding carboxylic acids is 2. The fraction of sp³-hybridized carbons (Fsp3) is 0.111.